The molecule has 0 fully saturated rings. The molecule has 0 saturated heterocycles. The molecule has 6 heteroatoms. The fraction of sp³-hybridized carbons (Fsp3) is 0.133. The molecule has 2 heterocycles. The zero-order valence-corrected chi connectivity index (χ0v) is 12.1. The zero-order chi connectivity index (χ0) is 14.8. The van der Waals surface area contributed by atoms with Crippen LogP contribution in [-0.4, -0.2) is 22.7 Å². The van der Waals surface area contributed by atoms with Crippen molar-refractivity contribution in [2.24, 2.45) is 0 Å². The van der Waals surface area contributed by atoms with E-state index in [2.05, 4.69) is 15.0 Å². The summed E-state index contributed by atoms with van der Waals surface area (Å²) < 4.78 is 2.89. The first-order valence-electron chi connectivity index (χ1n) is 6.45. The summed E-state index contributed by atoms with van der Waals surface area (Å²) in [5.74, 6) is -0.187. The maximum absolute atomic E-state index is 12.4. The summed E-state index contributed by atoms with van der Waals surface area (Å²) in [6, 6.07) is 11.7. The Kier molecular flexibility index (Phi) is 3.72. The zero-order valence-electron chi connectivity index (χ0n) is 11.3. The molecular formula is C15H13N3O2S. The van der Waals surface area contributed by atoms with Crippen LogP contribution in [0.25, 0.3) is 0 Å². The number of carbonyl (C=O) groups is 2. The van der Waals surface area contributed by atoms with E-state index in [9.17, 15) is 9.59 Å². The van der Waals surface area contributed by atoms with E-state index in [1.807, 2.05) is 25.1 Å². The van der Waals surface area contributed by atoms with Gasteiger partial charge < -0.3 is 5.32 Å². The third-order valence-corrected chi connectivity index (χ3v) is 4.03. The Balaban J connectivity index is 1.79. The number of nitrogens with zero attached hydrogens (tertiary/aromatic N) is 1. The highest BCUT2D eigenvalue weighted by molar-refractivity contribution is 7.97. The predicted molar refractivity (Wildman–Crippen MR) is 81.2 cm³/mol. The molecule has 1 aromatic heterocycles. The van der Waals surface area contributed by atoms with Crippen LogP contribution in [0.1, 0.15) is 16.1 Å². The van der Waals surface area contributed by atoms with Crippen molar-refractivity contribution in [1.82, 2.24) is 9.71 Å². The summed E-state index contributed by atoms with van der Waals surface area (Å²) in [5, 5.41) is 2.67. The van der Waals surface area contributed by atoms with Crippen LogP contribution in [0.3, 0.4) is 0 Å². The molecule has 1 aliphatic heterocycles. The standard InChI is InChI=1S/C15H13N3O2S/c1-9-5-4-8-12(16-9)17-15(20)13-14(19)10-6-2-3-7-11(10)21-18-13/h2-8,13,18H,1H3,(H,16,17,20). The van der Waals surface area contributed by atoms with Gasteiger partial charge >= 0.3 is 0 Å². The van der Waals surface area contributed by atoms with E-state index in [4.69, 9.17) is 0 Å². The normalized spacial score (nSPS) is 17.2. The number of fused-ring (bicyclic) bond motifs is 1. The molecule has 0 bridgehead atoms. The molecule has 0 saturated carbocycles. The fourth-order valence-corrected chi connectivity index (χ4v) is 2.96. The number of Topliss-reactive ketones (excluding diaryl/α,β-unsaturated/α-hetero) is 1. The van der Waals surface area contributed by atoms with Gasteiger partial charge in [-0.1, -0.05) is 24.3 Å². The van der Waals surface area contributed by atoms with Crippen LogP contribution in [0.2, 0.25) is 0 Å². The van der Waals surface area contributed by atoms with Crippen molar-refractivity contribution in [3.05, 3.63) is 53.7 Å². The third-order valence-electron chi connectivity index (χ3n) is 3.10. The first kappa shape index (κ1) is 13.8. The van der Waals surface area contributed by atoms with Crippen LogP contribution < -0.4 is 10.0 Å². The molecule has 2 aromatic rings. The number of benzene rings is 1. The van der Waals surface area contributed by atoms with Gasteiger partial charge in [0.15, 0.2) is 11.8 Å². The van der Waals surface area contributed by atoms with Gasteiger partial charge in [-0.2, -0.15) is 0 Å². The van der Waals surface area contributed by atoms with Gasteiger partial charge in [-0.05, 0) is 37.1 Å². The Morgan fingerprint density at radius 3 is 2.86 bits per heavy atom. The summed E-state index contributed by atoms with van der Waals surface area (Å²) in [4.78, 5) is 29.6. The maximum atomic E-state index is 12.4. The van der Waals surface area contributed by atoms with Gasteiger partial charge in [-0.3, -0.25) is 9.59 Å². The molecule has 2 N–H and O–H groups in total. The van der Waals surface area contributed by atoms with Gasteiger partial charge in [0, 0.05) is 16.2 Å². The Bertz CT molecular complexity index is 718. The highest BCUT2D eigenvalue weighted by Gasteiger charge is 2.33. The van der Waals surface area contributed by atoms with Gasteiger partial charge in [0.05, 0.1) is 0 Å². The molecule has 3 rings (SSSR count). The van der Waals surface area contributed by atoms with E-state index in [1.165, 1.54) is 11.9 Å². The number of pyridine rings is 1. The minimum atomic E-state index is -0.910. The number of hydrogen-bond donors (Lipinski definition) is 2. The molecule has 0 spiro atoms. The summed E-state index contributed by atoms with van der Waals surface area (Å²) in [6.07, 6.45) is 0. The van der Waals surface area contributed by atoms with Crippen LogP contribution in [0.4, 0.5) is 5.82 Å². The van der Waals surface area contributed by atoms with Crippen molar-refractivity contribution in [3.63, 3.8) is 0 Å². The molecule has 1 aromatic carbocycles. The Labute approximate surface area is 126 Å². The fourth-order valence-electron chi connectivity index (χ4n) is 2.07. The second-order valence-electron chi connectivity index (χ2n) is 4.67. The smallest absolute Gasteiger partial charge is 0.251 e. The molecule has 106 valence electrons. The molecule has 21 heavy (non-hydrogen) atoms. The molecular weight excluding hydrogens is 286 g/mol. The van der Waals surface area contributed by atoms with E-state index in [1.54, 1.807) is 24.3 Å². The van der Waals surface area contributed by atoms with E-state index >= 15 is 0 Å². The van der Waals surface area contributed by atoms with Gasteiger partial charge in [0.2, 0.25) is 0 Å². The first-order chi connectivity index (χ1) is 10.1. The Morgan fingerprint density at radius 2 is 2.05 bits per heavy atom. The number of nitrogens with one attached hydrogen (secondary N) is 2. The number of rotatable bonds is 2. The molecule has 1 amide bonds. The largest absolute Gasteiger partial charge is 0.309 e. The Hall–Kier alpha value is -2.18. The van der Waals surface area contributed by atoms with E-state index in [-0.39, 0.29) is 5.78 Å². The van der Waals surface area contributed by atoms with Crippen LogP contribution in [0, 0.1) is 6.92 Å². The van der Waals surface area contributed by atoms with Crippen molar-refractivity contribution in [3.8, 4) is 0 Å². The average Bonchev–Trinajstić information content (AvgIpc) is 2.48. The van der Waals surface area contributed by atoms with Gasteiger partial charge in [-0.25, -0.2) is 9.71 Å². The van der Waals surface area contributed by atoms with Gasteiger partial charge in [0.25, 0.3) is 5.91 Å². The van der Waals surface area contributed by atoms with Crippen LogP contribution in [0.15, 0.2) is 47.4 Å². The molecule has 1 unspecified atom stereocenters. The molecule has 1 atom stereocenters. The number of aromatic nitrogens is 1. The third kappa shape index (κ3) is 2.81. The van der Waals surface area contributed by atoms with E-state index in [0.717, 1.165) is 10.6 Å². The summed E-state index contributed by atoms with van der Waals surface area (Å²) >= 11 is 1.29. The number of aryl methyl sites for hydroxylation is 1. The van der Waals surface area contributed by atoms with Crippen LogP contribution in [-0.2, 0) is 4.79 Å². The number of hydrogen-bond acceptors (Lipinski definition) is 5. The molecule has 5 nitrogen and oxygen atoms in total. The van der Waals surface area contributed by atoms with Crippen molar-refractivity contribution in [1.29, 1.82) is 0 Å². The number of carbonyl (C=O) groups excluding carboxylic acids is 2. The van der Waals surface area contributed by atoms with Gasteiger partial charge in [0.1, 0.15) is 5.82 Å². The van der Waals surface area contributed by atoms with Crippen molar-refractivity contribution >= 4 is 29.5 Å². The molecule has 0 radical (unpaired) electrons. The number of anilines is 1. The average molecular weight is 299 g/mol. The summed E-state index contributed by atoms with van der Waals surface area (Å²) in [6.45, 7) is 1.84. The first-order valence-corrected chi connectivity index (χ1v) is 7.27. The van der Waals surface area contributed by atoms with Crippen molar-refractivity contribution in [2.75, 3.05) is 5.32 Å². The monoisotopic (exact) mass is 299 g/mol. The van der Waals surface area contributed by atoms with Crippen LogP contribution in [0.5, 0.6) is 0 Å². The quantitative estimate of drug-likeness (QED) is 0.657. The highest BCUT2D eigenvalue weighted by Crippen LogP contribution is 2.27. The van der Waals surface area contributed by atoms with Crippen LogP contribution >= 0.6 is 11.9 Å². The minimum absolute atomic E-state index is 0.227. The lowest BCUT2D eigenvalue weighted by atomic mass is 10.0. The lowest BCUT2D eigenvalue weighted by molar-refractivity contribution is -0.116. The van der Waals surface area contributed by atoms with E-state index < -0.39 is 11.9 Å². The van der Waals surface area contributed by atoms with Crippen molar-refractivity contribution in [2.45, 2.75) is 17.9 Å². The topological polar surface area (TPSA) is 71.1 Å². The molecule has 0 aliphatic carbocycles. The second-order valence-corrected chi connectivity index (χ2v) is 5.55. The van der Waals surface area contributed by atoms with Crippen molar-refractivity contribution < 1.29 is 9.59 Å². The lowest BCUT2D eigenvalue weighted by Crippen LogP contribution is -2.46. The minimum Gasteiger partial charge on any atom is -0.309 e. The second kappa shape index (κ2) is 5.67. The lowest BCUT2D eigenvalue weighted by Gasteiger charge is -2.22. The summed E-state index contributed by atoms with van der Waals surface area (Å²) in [5.41, 5.74) is 1.37. The van der Waals surface area contributed by atoms with E-state index in [0.29, 0.717) is 11.4 Å². The Morgan fingerprint density at radius 1 is 1.24 bits per heavy atom. The predicted octanol–water partition coefficient (Wildman–Crippen LogP) is 2.19. The molecule has 1 aliphatic rings. The maximum Gasteiger partial charge on any atom is 0.251 e. The summed E-state index contributed by atoms with van der Waals surface area (Å²) in [7, 11) is 0. The number of amides is 1. The highest BCUT2D eigenvalue weighted by atomic mass is 32.2. The SMILES string of the molecule is Cc1cccc(NC(=O)C2NSc3ccccc3C2=O)n1. The number of ketones is 1. The van der Waals surface area contributed by atoms with Gasteiger partial charge in [-0.15, -0.1) is 0 Å².